The van der Waals surface area contributed by atoms with E-state index in [4.69, 9.17) is 9.72 Å². The van der Waals surface area contributed by atoms with Crippen LogP contribution in [0.4, 0.5) is 9.93 Å². The van der Waals surface area contributed by atoms with E-state index in [1.165, 1.54) is 0 Å². The lowest BCUT2D eigenvalue weighted by atomic mass is 10.0. The zero-order valence-corrected chi connectivity index (χ0v) is 24.6. The molecule has 1 saturated heterocycles. The molecule has 3 amide bonds. The molecule has 2 heterocycles. The van der Waals surface area contributed by atoms with E-state index < -0.39 is 17.2 Å². The minimum atomic E-state index is -0.781. The lowest BCUT2D eigenvalue weighted by Gasteiger charge is -2.35. The van der Waals surface area contributed by atoms with Gasteiger partial charge in [0.1, 0.15) is 17.2 Å². The number of hydrogen-bond donors (Lipinski definition) is 2. The zero-order valence-electron chi connectivity index (χ0n) is 23.8. The number of nitrogens with zero attached hydrogens (tertiary/aromatic N) is 4. The highest BCUT2D eigenvalue weighted by Gasteiger charge is 2.45. The predicted molar refractivity (Wildman–Crippen MR) is 154 cm³/mol. The van der Waals surface area contributed by atoms with E-state index in [9.17, 15) is 19.6 Å². The average Bonchev–Trinajstić information content (AvgIpc) is 3.50. The molecule has 0 spiro atoms. The van der Waals surface area contributed by atoms with Crippen LogP contribution in [0.25, 0.3) is 11.3 Å². The minimum absolute atomic E-state index is 0.190. The Morgan fingerprint density at radius 2 is 1.77 bits per heavy atom. The number of hydrogen-bond acceptors (Lipinski definition) is 8. The second-order valence-electron chi connectivity index (χ2n) is 11.9. The van der Waals surface area contributed by atoms with Crippen LogP contribution in [0.3, 0.4) is 0 Å². The maximum atomic E-state index is 13.0. The van der Waals surface area contributed by atoms with Crippen molar-refractivity contribution in [1.82, 2.24) is 20.5 Å². The van der Waals surface area contributed by atoms with E-state index in [2.05, 4.69) is 21.6 Å². The number of carbonyl (C=O) groups is 3. The summed E-state index contributed by atoms with van der Waals surface area (Å²) in [5, 5.41) is 17.8. The van der Waals surface area contributed by atoms with Crippen molar-refractivity contribution in [2.75, 3.05) is 31.1 Å². The highest BCUT2D eigenvalue weighted by Crippen LogP contribution is 2.34. The van der Waals surface area contributed by atoms with Gasteiger partial charge in [0, 0.05) is 42.7 Å². The predicted octanol–water partition coefficient (Wildman–Crippen LogP) is 4.18. The molecule has 1 saturated carbocycles. The van der Waals surface area contributed by atoms with E-state index in [0.717, 1.165) is 16.4 Å². The summed E-state index contributed by atoms with van der Waals surface area (Å²) in [5.74, 6) is -0.467. The molecule has 1 aromatic carbocycles. The van der Waals surface area contributed by atoms with Gasteiger partial charge in [0.05, 0.1) is 11.8 Å². The zero-order chi connectivity index (χ0) is 29.1. The molecule has 0 radical (unpaired) electrons. The smallest absolute Gasteiger partial charge is 0.410 e. The summed E-state index contributed by atoms with van der Waals surface area (Å²) in [6.45, 7) is 12.0. The molecule has 40 heavy (non-hydrogen) atoms. The van der Waals surface area contributed by atoms with Crippen LogP contribution in [-0.2, 0) is 9.53 Å². The van der Waals surface area contributed by atoms with Crippen LogP contribution in [0.1, 0.15) is 64.2 Å². The van der Waals surface area contributed by atoms with Gasteiger partial charge in [-0.15, -0.1) is 11.3 Å². The number of benzene rings is 1. The first-order chi connectivity index (χ1) is 18.9. The molecule has 2 N–H and O–H groups in total. The Hall–Kier alpha value is -3.65. The van der Waals surface area contributed by atoms with Crippen molar-refractivity contribution in [3.8, 4) is 17.3 Å². The van der Waals surface area contributed by atoms with Crippen LogP contribution in [0, 0.1) is 17.2 Å². The van der Waals surface area contributed by atoms with Crippen LogP contribution >= 0.6 is 11.3 Å². The van der Waals surface area contributed by atoms with Gasteiger partial charge in [0.2, 0.25) is 5.91 Å². The van der Waals surface area contributed by atoms with E-state index in [0.29, 0.717) is 51.0 Å². The van der Waals surface area contributed by atoms with Crippen molar-refractivity contribution in [3.63, 3.8) is 0 Å². The molecule has 1 aliphatic heterocycles. The van der Waals surface area contributed by atoms with Gasteiger partial charge in [-0.2, -0.15) is 5.26 Å². The van der Waals surface area contributed by atoms with Crippen molar-refractivity contribution in [2.24, 2.45) is 5.92 Å². The number of rotatable bonds is 8. The number of nitriles is 1. The van der Waals surface area contributed by atoms with E-state index >= 15 is 0 Å². The third-order valence-corrected chi connectivity index (χ3v) is 7.69. The Morgan fingerprint density at radius 1 is 1.12 bits per heavy atom. The number of piperazine rings is 1. The fourth-order valence-corrected chi connectivity index (χ4v) is 5.29. The molecule has 2 fully saturated rings. The highest BCUT2D eigenvalue weighted by molar-refractivity contribution is 7.14. The second kappa shape index (κ2) is 11.8. The van der Waals surface area contributed by atoms with E-state index in [-0.39, 0.29) is 23.8 Å². The van der Waals surface area contributed by atoms with Crippen LogP contribution in [0.2, 0.25) is 0 Å². The Labute approximate surface area is 239 Å². The molecule has 2 aromatic rings. The fraction of sp³-hybridized carbons (Fsp3) is 0.552. The second-order valence-corrected chi connectivity index (χ2v) is 12.7. The standard InChI is InChI=1S/C29H38N6O4S/c1-19(2)16-22(25(37)33-29(18-30)10-11-29)31-24(36)21-8-6-20(7-9-21)23-17-40-26(32-23)34-12-14-35(15-13-34)27(38)39-28(3,4)5/h6-9,17,19,22H,10-16H2,1-5H3,(H,31,36)(H,33,37)/t22-/m0/s1. The lowest BCUT2D eigenvalue weighted by Crippen LogP contribution is -2.50. The largest absolute Gasteiger partial charge is 0.444 e. The molecular weight excluding hydrogens is 528 g/mol. The van der Waals surface area contributed by atoms with Gasteiger partial charge in [-0.05, 0) is 58.1 Å². The Kier molecular flexibility index (Phi) is 8.68. The molecule has 4 rings (SSSR count). The Morgan fingerprint density at radius 3 is 2.33 bits per heavy atom. The minimum Gasteiger partial charge on any atom is -0.444 e. The van der Waals surface area contributed by atoms with Gasteiger partial charge in [-0.25, -0.2) is 9.78 Å². The van der Waals surface area contributed by atoms with Crippen molar-refractivity contribution >= 4 is 34.4 Å². The number of nitrogens with one attached hydrogen (secondary N) is 2. The van der Waals surface area contributed by atoms with Gasteiger partial charge in [-0.3, -0.25) is 9.59 Å². The molecule has 0 bridgehead atoms. The summed E-state index contributed by atoms with van der Waals surface area (Å²) in [4.78, 5) is 46.8. The lowest BCUT2D eigenvalue weighted by molar-refractivity contribution is -0.123. The number of ether oxygens (including phenoxy) is 1. The SMILES string of the molecule is CC(C)C[C@H](NC(=O)c1ccc(-c2csc(N3CCN(C(=O)OC(C)(C)C)CC3)n2)cc1)C(=O)NC1(C#N)CC1. The van der Waals surface area contributed by atoms with Crippen molar-refractivity contribution in [3.05, 3.63) is 35.2 Å². The van der Waals surface area contributed by atoms with Gasteiger partial charge in [-0.1, -0.05) is 26.0 Å². The van der Waals surface area contributed by atoms with Crippen LogP contribution in [0.5, 0.6) is 0 Å². The number of anilines is 1. The summed E-state index contributed by atoms with van der Waals surface area (Å²) in [5.41, 5.74) is 0.839. The highest BCUT2D eigenvalue weighted by atomic mass is 32.1. The van der Waals surface area contributed by atoms with Crippen molar-refractivity contribution in [1.29, 1.82) is 5.26 Å². The summed E-state index contributed by atoms with van der Waals surface area (Å²) >= 11 is 1.54. The van der Waals surface area contributed by atoms with Crippen LogP contribution in [0.15, 0.2) is 29.6 Å². The third kappa shape index (κ3) is 7.50. The summed E-state index contributed by atoms with van der Waals surface area (Å²) in [6.07, 6.45) is 1.46. The molecule has 10 nitrogen and oxygen atoms in total. The first kappa shape index (κ1) is 29.3. The first-order valence-electron chi connectivity index (χ1n) is 13.7. The molecular formula is C29H38N6O4S. The van der Waals surface area contributed by atoms with Gasteiger partial charge in [0.25, 0.3) is 5.91 Å². The van der Waals surface area contributed by atoms with Gasteiger partial charge >= 0.3 is 6.09 Å². The van der Waals surface area contributed by atoms with Gasteiger partial charge in [0.15, 0.2) is 5.13 Å². The summed E-state index contributed by atoms with van der Waals surface area (Å²) in [7, 11) is 0. The molecule has 1 aliphatic carbocycles. The molecule has 214 valence electrons. The number of carbonyl (C=O) groups excluding carboxylic acids is 3. The van der Waals surface area contributed by atoms with Crippen molar-refractivity contribution in [2.45, 2.75) is 71.1 Å². The number of thiazole rings is 1. The number of amides is 3. The molecule has 1 atom stereocenters. The van der Waals surface area contributed by atoms with Gasteiger partial charge < -0.3 is 25.2 Å². The Balaban J connectivity index is 1.34. The molecule has 0 unspecified atom stereocenters. The fourth-order valence-electron chi connectivity index (χ4n) is 4.40. The molecule has 11 heteroatoms. The molecule has 2 aliphatic rings. The topological polar surface area (TPSA) is 128 Å². The maximum absolute atomic E-state index is 13.0. The number of aromatic nitrogens is 1. The summed E-state index contributed by atoms with van der Waals surface area (Å²) < 4.78 is 5.48. The Bertz CT molecular complexity index is 1260. The van der Waals surface area contributed by atoms with Crippen molar-refractivity contribution < 1.29 is 19.1 Å². The maximum Gasteiger partial charge on any atom is 0.410 e. The monoisotopic (exact) mass is 566 g/mol. The first-order valence-corrected chi connectivity index (χ1v) is 14.6. The van der Waals surface area contributed by atoms with E-state index in [1.807, 2.05) is 52.1 Å². The quantitative estimate of drug-likeness (QED) is 0.491. The van der Waals surface area contributed by atoms with Crippen LogP contribution < -0.4 is 15.5 Å². The molecule has 1 aromatic heterocycles. The van der Waals surface area contributed by atoms with Crippen LogP contribution in [-0.4, -0.2) is 71.2 Å². The summed E-state index contributed by atoms with van der Waals surface area (Å²) in [6, 6.07) is 8.60. The third-order valence-electron chi connectivity index (χ3n) is 6.79. The average molecular weight is 567 g/mol. The normalized spacial score (nSPS) is 17.1. The van der Waals surface area contributed by atoms with E-state index in [1.54, 1.807) is 28.4 Å².